The van der Waals surface area contributed by atoms with Crippen LogP contribution < -0.4 is 5.73 Å². The number of halogens is 1. The third-order valence-corrected chi connectivity index (χ3v) is 2.33. The molecule has 0 radical (unpaired) electrons. The SMILES string of the molecule is NC(=O)c1ccc(-n2ccnc2)cc1Cl. The van der Waals surface area contributed by atoms with Crippen molar-refractivity contribution in [2.75, 3.05) is 0 Å². The highest BCUT2D eigenvalue weighted by molar-refractivity contribution is 6.34. The maximum absolute atomic E-state index is 10.9. The Bertz CT molecular complexity index is 493. The first-order valence-corrected chi connectivity index (χ1v) is 4.64. The molecule has 0 spiro atoms. The minimum Gasteiger partial charge on any atom is -0.366 e. The van der Waals surface area contributed by atoms with Gasteiger partial charge in [-0.2, -0.15) is 0 Å². The lowest BCUT2D eigenvalue weighted by molar-refractivity contribution is 0.100. The van der Waals surface area contributed by atoms with Crippen LogP contribution in [0.15, 0.2) is 36.9 Å². The molecular formula is C10H8ClN3O. The van der Waals surface area contributed by atoms with E-state index in [2.05, 4.69) is 4.98 Å². The van der Waals surface area contributed by atoms with Crippen LogP contribution in [0.2, 0.25) is 5.02 Å². The van der Waals surface area contributed by atoms with Crippen molar-refractivity contribution >= 4 is 17.5 Å². The maximum Gasteiger partial charge on any atom is 0.250 e. The normalized spacial score (nSPS) is 10.2. The van der Waals surface area contributed by atoms with E-state index in [1.807, 2.05) is 0 Å². The largest absolute Gasteiger partial charge is 0.366 e. The van der Waals surface area contributed by atoms with Crippen LogP contribution >= 0.6 is 11.6 Å². The highest BCUT2D eigenvalue weighted by Gasteiger charge is 2.07. The van der Waals surface area contributed by atoms with Crippen LogP contribution in [0.1, 0.15) is 10.4 Å². The Labute approximate surface area is 91.3 Å². The summed E-state index contributed by atoms with van der Waals surface area (Å²) < 4.78 is 1.79. The fraction of sp³-hybridized carbons (Fsp3) is 0. The van der Waals surface area contributed by atoms with Crippen LogP contribution in [-0.2, 0) is 0 Å². The summed E-state index contributed by atoms with van der Waals surface area (Å²) in [7, 11) is 0. The summed E-state index contributed by atoms with van der Waals surface area (Å²) in [5, 5.41) is 0.341. The maximum atomic E-state index is 10.9. The number of aromatic nitrogens is 2. The molecule has 0 fully saturated rings. The Morgan fingerprint density at radius 1 is 1.47 bits per heavy atom. The summed E-state index contributed by atoms with van der Waals surface area (Å²) in [5.41, 5.74) is 6.30. The number of carbonyl (C=O) groups excluding carboxylic acids is 1. The number of hydrogen-bond donors (Lipinski definition) is 1. The Morgan fingerprint density at radius 2 is 2.27 bits per heavy atom. The number of amides is 1. The summed E-state index contributed by atoms with van der Waals surface area (Å²) in [4.78, 5) is 14.9. The van der Waals surface area contributed by atoms with E-state index in [1.54, 1.807) is 41.5 Å². The molecule has 0 bridgehead atoms. The summed E-state index contributed by atoms with van der Waals surface area (Å²) in [5.74, 6) is -0.530. The molecule has 0 saturated carbocycles. The van der Waals surface area contributed by atoms with E-state index in [0.29, 0.717) is 10.6 Å². The smallest absolute Gasteiger partial charge is 0.250 e. The van der Waals surface area contributed by atoms with Gasteiger partial charge in [0.05, 0.1) is 16.9 Å². The fourth-order valence-corrected chi connectivity index (χ4v) is 1.54. The van der Waals surface area contributed by atoms with Gasteiger partial charge in [-0.25, -0.2) is 4.98 Å². The van der Waals surface area contributed by atoms with E-state index in [1.165, 1.54) is 0 Å². The first-order valence-electron chi connectivity index (χ1n) is 4.26. The zero-order chi connectivity index (χ0) is 10.8. The summed E-state index contributed by atoms with van der Waals surface area (Å²) in [6.07, 6.45) is 5.10. The van der Waals surface area contributed by atoms with Gasteiger partial charge < -0.3 is 10.3 Å². The van der Waals surface area contributed by atoms with Crippen LogP contribution in [0.25, 0.3) is 5.69 Å². The van der Waals surface area contributed by atoms with E-state index in [-0.39, 0.29) is 0 Å². The first kappa shape index (κ1) is 9.73. The predicted octanol–water partition coefficient (Wildman–Crippen LogP) is 1.62. The van der Waals surface area contributed by atoms with Gasteiger partial charge >= 0.3 is 0 Å². The molecule has 1 aromatic heterocycles. The molecule has 76 valence electrons. The van der Waals surface area contributed by atoms with Crippen molar-refractivity contribution in [3.05, 3.63) is 47.5 Å². The zero-order valence-electron chi connectivity index (χ0n) is 7.72. The quantitative estimate of drug-likeness (QED) is 0.838. The molecule has 1 aromatic carbocycles. The number of carbonyl (C=O) groups is 1. The molecule has 1 amide bonds. The fourth-order valence-electron chi connectivity index (χ4n) is 1.28. The van der Waals surface area contributed by atoms with Crippen LogP contribution in [0, 0.1) is 0 Å². The van der Waals surface area contributed by atoms with Gasteiger partial charge in [0, 0.05) is 18.1 Å². The molecule has 2 rings (SSSR count). The summed E-state index contributed by atoms with van der Waals surface area (Å²) in [6.45, 7) is 0. The lowest BCUT2D eigenvalue weighted by Crippen LogP contribution is -2.11. The van der Waals surface area contributed by atoms with Crippen molar-refractivity contribution < 1.29 is 4.79 Å². The van der Waals surface area contributed by atoms with Gasteiger partial charge in [0.25, 0.3) is 0 Å². The molecule has 0 saturated heterocycles. The molecule has 0 aliphatic rings. The summed E-state index contributed by atoms with van der Waals surface area (Å²) >= 11 is 5.91. The van der Waals surface area contributed by atoms with Gasteiger partial charge in [-0.05, 0) is 18.2 Å². The lowest BCUT2D eigenvalue weighted by Gasteiger charge is -2.04. The van der Waals surface area contributed by atoms with Crippen LogP contribution in [0.4, 0.5) is 0 Å². The third-order valence-electron chi connectivity index (χ3n) is 2.02. The second kappa shape index (κ2) is 3.74. The molecule has 4 nitrogen and oxygen atoms in total. The monoisotopic (exact) mass is 221 g/mol. The minimum atomic E-state index is -0.530. The average molecular weight is 222 g/mol. The topological polar surface area (TPSA) is 60.9 Å². The van der Waals surface area contributed by atoms with E-state index in [9.17, 15) is 4.79 Å². The number of imidazole rings is 1. The predicted molar refractivity (Wildman–Crippen MR) is 57.1 cm³/mol. The molecule has 5 heteroatoms. The zero-order valence-corrected chi connectivity index (χ0v) is 8.48. The highest BCUT2D eigenvalue weighted by Crippen LogP contribution is 2.19. The Hall–Kier alpha value is -1.81. The van der Waals surface area contributed by atoms with Crippen LogP contribution in [0.5, 0.6) is 0 Å². The average Bonchev–Trinajstić information content (AvgIpc) is 2.69. The van der Waals surface area contributed by atoms with Gasteiger partial charge in [0.1, 0.15) is 0 Å². The van der Waals surface area contributed by atoms with Gasteiger partial charge in [0.2, 0.25) is 5.91 Å². The standard InChI is InChI=1S/C10H8ClN3O/c11-9-5-7(14-4-3-13-6-14)1-2-8(9)10(12)15/h1-6H,(H2,12,15). The second-order valence-corrected chi connectivity index (χ2v) is 3.41. The van der Waals surface area contributed by atoms with Crippen LogP contribution in [0.3, 0.4) is 0 Å². The Balaban J connectivity index is 2.47. The van der Waals surface area contributed by atoms with E-state index < -0.39 is 5.91 Å². The first-order chi connectivity index (χ1) is 7.18. The molecule has 15 heavy (non-hydrogen) atoms. The molecule has 0 aliphatic heterocycles. The van der Waals surface area contributed by atoms with Crippen molar-refractivity contribution in [3.8, 4) is 5.69 Å². The third kappa shape index (κ3) is 1.85. The molecule has 2 aromatic rings. The number of primary amides is 1. The Kier molecular flexibility index (Phi) is 2.43. The minimum absolute atomic E-state index is 0.320. The van der Waals surface area contributed by atoms with E-state index in [0.717, 1.165) is 5.69 Å². The highest BCUT2D eigenvalue weighted by atomic mass is 35.5. The van der Waals surface area contributed by atoms with Gasteiger partial charge in [-0.3, -0.25) is 4.79 Å². The second-order valence-electron chi connectivity index (χ2n) is 3.00. The number of nitrogens with two attached hydrogens (primary N) is 1. The summed E-state index contributed by atoms with van der Waals surface area (Å²) in [6, 6.07) is 5.02. The van der Waals surface area contributed by atoms with Crippen LogP contribution in [-0.4, -0.2) is 15.5 Å². The van der Waals surface area contributed by atoms with E-state index >= 15 is 0 Å². The number of hydrogen-bond acceptors (Lipinski definition) is 2. The molecule has 2 N–H and O–H groups in total. The van der Waals surface area contributed by atoms with Gasteiger partial charge in [-0.1, -0.05) is 11.6 Å². The number of benzene rings is 1. The number of rotatable bonds is 2. The van der Waals surface area contributed by atoms with Gasteiger partial charge in [-0.15, -0.1) is 0 Å². The molecule has 0 atom stereocenters. The van der Waals surface area contributed by atoms with Gasteiger partial charge in [0.15, 0.2) is 0 Å². The van der Waals surface area contributed by atoms with Crippen molar-refractivity contribution in [1.29, 1.82) is 0 Å². The molecule has 0 aliphatic carbocycles. The lowest BCUT2D eigenvalue weighted by atomic mass is 10.2. The number of nitrogens with zero attached hydrogens (tertiary/aromatic N) is 2. The van der Waals surface area contributed by atoms with Crippen molar-refractivity contribution in [3.63, 3.8) is 0 Å². The van der Waals surface area contributed by atoms with Crippen molar-refractivity contribution in [2.45, 2.75) is 0 Å². The van der Waals surface area contributed by atoms with E-state index in [4.69, 9.17) is 17.3 Å². The molecule has 0 unspecified atom stereocenters. The molecular weight excluding hydrogens is 214 g/mol. The Morgan fingerprint density at radius 3 is 2.80 bits per heavy atom. The molecule has 1 heterocycles. The van der Waals surface area contributed by atoms with Crippen molar-refractivity contribution in [2.24, 2.45) is 5.73 Å². The van der Waals surface area contributed by atoms with Crippen molar-refractivity contribution in [1.82, 2.24) is 9.55 Å².